The van der Waals surface area contributed by atoms with Crippen LogP contribution >= 0.6 is 0 Å². The molecule has 2 heterocycles. The van der Waals surface area contributed by atoms with Crippen molar-refractivity contribution in [2.75, 3.05) is 9.96 Å². The first-order valence-electron chi connectivity index (χ1n) is 10.9. The van der Waals surface area contributed by atoms with E-state index in [-0.39, 0.29) is 0 Å². The van der Waals surface area contributed by atoms with Gasteiger partial charge in [-0.1, -0.05) is 60.7 Å². The molecule has 2 fully saturated rings. The van der Waals surface area contributed by atoms with E-state index in [9.17, 15) is 18.4 Å². The van der Waals surface area contributed by atoms with Crippen LogP contribution in [-0.2, 0) is 14.4 Å². The summed E-state index contributed by atoms with van der Waals surface area (Å²) in [5.74, 6) is -3.89. The van der Waals surface area contributed by atoms with Crippen LogP contribution in [0.3, 0.4) is 0 Å². The molecule has 2 amide bonds. The molecule has 34 heavy (non-hydrogen) atoms. The molecule has 2 saturated heterocycles. The quantitative estimate of drug-likeness (QED) is 0.399. The Bertz CT molecular complexity index is 1440. The Kier molecular flexibility index (Phi) is 4.67. The van der Waals surface area contributed by atoms with Gasteiger partial charge in [0.1, 0.15) is 5.92 Å². The number of carbonyl (C=O) groups excluding carboxylic acids is 2. The molecule has 0 radical (unpaired) electrons. The highest BCUT2D eigenvalue weighted by atomic mass is 19.2. The van der Waals surface area contributed by atoms with E-state index in [2.05, 4.69) is 0 Å². The highest BCUT2D eigenvalue weighted by Crippen LogP contribution is 2.48. The molecule has 6 rings (SSSR count). The minimum Gasteiger partial charge on any atom is -0.273 e. The molecule has 0 saturated carbocycles. The summed E-state index contributed by atoms with van der Waals surface area (Å²) in [6.45, 7) is 0. The van der Waals surface area contributed by atoms with E-state index in [0.29, 0.717) is 16.9 Å². The fraction of sp³-hybridized carbons (Fsp3) is 0.111. The number of carbonyl (C=O) groups is 2. The zero-order valence-corrected chi connectivity index (χ0v) is 17.8. The Morgan fingerprint density at radius 2 is 1.47 bits per heavy atom. The summed E-state index contributed by atoms with van der Waals surface area (Å²) < 4.78 is 27.9. The Morgan fingerprint density at radius 3 is 2.26 bits per heavy atom. The lowest BCUT2D eigenvalue weighted by molar-refractivity contribution is -0.126. The van der Waals surface area contributed by atoms with E-state index in [0.717, 1.165) is 27.8 Å². The molecule has 5 nitrogen and oxygen atoms in total. The molecule has 4 aromatic rings. The summed E-state index contributed by atoms with van der Waals surface area (Å²) in [4.78, 5) is 34.5. The molecule has 0 aromatic heterocycles. The van der Waals surface area contributed by atoms with Gasteiger partial charge in [0.15, 0.2) is 17.7 Å². The largest absolute Gasteiger partial charge is 0.273 e. The van der Waals surface area contributed by atoms with Gasteiger partial charge in [-0.25, -0.2) is 18.7 Å². The molecule has 2 aliphatic heterocycles. The number of fused-ring (bicyclic) bond motifs is 2. The summed E-state index contributed by atoms with van der Waals surface area (Å²) in [6.07, 6.45) is -1.09. The monoisotopic (exact) mass is 456 g/mol. The van der Waals surface area contributed by atoms with Crippen molar-refractivity contribution in [1.82, 2.24) is 0 Å². The van der Waals surface area contributed by atoms with Crippen LogP contribution in [0.15, 0.2) is 91.0 Å². The van der Waals surface area contributed by atoms with Crippen LogP contribution in [0.5, 0.6) is 0 Å². The maximum atomic E-state index is 14.2. The minimum atomic E-state index is -1.09. The molecule has 0 aliphatic carbocycles. The smallest absolute Gasteiger partial charge is 0.266 e. The second-order valence-electron chi connectivity index (χ2n) is 8.34. The van der Waals surface area contributed by atoms with Crippen LogP contribution in [0, 0.1) is 17.6 Å². The van der Waals surface area contributed by atoms with Gasteiger partial charge in [0.25, 0.3) is 5.91 Å². The van der Waals surface area contributed by atoms with Crippen molar-refractivity contribution < 1.29 is 23.2 Å². The molecule has 0 spiro atoms. The van der Waals surface area contributed by atoms with E-state index in [1.807, 2.05) is 36.4 Å². The van der Waals surface area contributed by atoms with Crippen molar-refractivity contribution in [2.45, 2.75) is 12.1 Å². The van der Waals surface area contributed by atoms with E-state index in [1.54, 1.807) is 36.4 Å². The van der Waals surface area contributed by atoms with Crippen molar-refractivity contribution in [3.8, 4) is 0 Å². The predicted octanol–water partition coefficient (Wildman–Crippen LogP) is 5.17. The first-order valence-corrected chi connectivity index (χ1v) is 10.9. The predicted molar refractivity (Wildman–Crippen MR) is 123 cm³/mol. The Balaban J connectivity index is 1.48. The number of halogens is 2. The number of amides is 2. The molecule has 0 N–H and O–H groups in total. The lowest BCUT2D eigenvalue weighted by atomic mass is 9.90. The Labute approximate surface area is 193 Å². The van der Waals surface area contributed by atoms with Gasteiger partial charge >= 0.3 is 0 Å². The second-order valence-corrected chi connectivity index (χ2v) is 8.34. The van der Waals surface area contributed by atoms with Crippen molar-refractivity contribution in [2.24, 2.45) is 5.92 Å². The van der Waals surface area contributed by atoms with E-state index in [1.165, 1.54) is 11.1 Å². The lowest BCUT2D eigenvalue weighted by Crippen LogP contribution is -2.37. The van der Waals surface area contributed by atoms with Gasteiger partial charge in [0.2, 0.25) is 5.91 Å². The number of hydroxylamine groups is 1. The average Bonchev–Trinajstić information content (AvgIpc) is 3.37. The molecule has 0 bridgehead atoms. The number of nitrogens with zero attached hydrogens (tertiary/aromatic N) is 2. The number of imide groups is 1. The van der Waals surface area contributed by atoms with Gasteiger partial charge in [-0.3, -0.25) is 14.4 Å². The van der Waals surface area contributed by atoms with Crippen molar-refractivity contribution >= 4 is 34.0 Å². The number of rotatable bonds is 3. The van der Waals surface area contributed by atoms with Crippen LogP contribution in [0.25, 0.3) is 10.8 Å². The zero-order valence-electron chi connectivity index (χ0n) is 17.8. The SMILES string of the molecule is O=C1[C@@H]2[C@H](ON(c3ccccc3)[C@H]2c2ccc(F)c(F)c2)C(=O)N1c1cccc2ccccc12. The number of benzene rings is 4. The standard InChI is InChI=1S/C27H18F2N2O3/c28-20-14-13-17(15-21(20)29)24-23-25(34-31(24)18-9-2-1-3-10-18)27(33)30(26(23)32)22-12-6-8-16-7-4-5-11-19(16)22/h1-15,23-25H/t23-,24-,25-/m0/s1. The van der Waals surface area contributed by atoms with Crippen LogP contribution in [0.2, 0.25) is 0 Å². The minimum absolute atomic E-state index is 0.344. The fourth-order valence-corrected chi connectivity index (χ4v) is 4.89. The molecule has 7 heteroatoms. The van der Waals surface area contributed by atoms with E-state index < -0.39 is 41.5 Å². The summed E-state index contributed by atoms with van der Waals surface area (Å²) in [5.41, 5.74) is 1.42. The maximum absolute atomic E-state index is 14.2. The fourth-order valence-electron chi connectivity index (χ4n) is 4.89. The van der Waals surface area contributed by atoms with Gasteiger partial charge in [0.05, 0.1) is 17.4 Å². The summed E-state index contributed by atoms with van der Waals surface area (Å²) in [6, 6.07) is 24.5. The van der Waals surface area contributed by atoms with Gasteiger partial charge in [-0.15, -0.1) is 0 Å². The number of hydrogen-bond acceptors (Lipinski definition) is 4. The van der Waals surface area contributed by atoms with Crippen LogP contribution in [0.1, 0.15) is 11.6 Å². The maximum Gasteiger partial charge on any atom is 0.266 e. The van der Waals surface area contributed by atoms with Crippen molar-refractivity contribution in [1.29, 1.82) is 0 Å². The highest BCUT2D eigenvalue weighted by Gasteiger charge is 2.60. The second kappa shape index (κ2) is 7.74. The summed E-state index contributed by atoms with van der Waals surface area (Å²) >= 11 is 0. The van der Waals surface area contributed by atoms with E-state index in [4.69, 9.17) is 4.84 Å². The molecule has 2 aliphatic rings. The van der Waals surface area contributed by atoms with Gasteiger partial charge in [0, 0.05) is 5.39 Å². The van der Waals surface area contributed by atoms with Crippen LogP contribution < -0.4 is 9.96 Å². The molecular formula is C27H18F2N2O3. The molecule has 0 unspecified atom stereocenters. The molecule has 168 valence electrons. The normalized spacial score (nSPS) is 22.0. The number of hydrogen-bond donors (Lipinski definition) is 0. The average molecular weight is 456 g/mol. The molecule has 3 atom stereocenters. The summed E-state index contributed by atoms with van der Waals surface area (Å²) in [5, 5.41) is 3.11. The topological polar surface area (TPSA) is 49.9 Å². The van der Waals surface area contributed by atoms with E-state index >= 15 is 0 Å². The number of anilines is 2. The highest BCUT2D eigenvalue weighted by molar-refractivity contribution is 6.26. The molecule has 4 aromatic carbocycles. The van der Waals surface area contributed by atoms with Gasteiger partial charge in [-0.05, 0) is 41.3 Å². The Morgan fingerprint density at radius 1 is 0.735 bits per heavy atom. The van der Waals surface area contributed by atoms with Crippen LogP contribution in [0.4, 0.5) is 20.2 Å². The molecular weight excluding hydrogens is 438 g/mol. The van der Waals surface area contributed by atoms with Crippen LogP contribution in [-0.4, -0.2) is 17.9 Å². The first-order chi connectivity index (χ1) is 16.5. The Hall–Kier alpha value is -4.10. The number of para-hydroxylation sites is 1. The third-order valence-corrected chi connectivity index (χ3v) is 6.42. The first kappa shape index (κ1) is 20.5. The zero-order chi connectivity index (χ0) is 23.4. The third kappa shape index (κ3) is 3.01. The van der Waals surface area contributed by atoms with Gasteiger partial charge < -0.3 is 0 Å². The lowest BCUT2D eigenvalue weighted by Gasteiger charge is -2.29. The van der Waals surface area contributed by atoms with Gasteiger partial charge in [-0.2, -0.15) is 0 Å². The van der Waals surface area contributed by atoms with Crippen molar-refractivity contribution in [3.63, 3.8) is 0 Å². The summed E-state index contributed by atoms with van der Waals surface area (Å²) in [7, 11) is 0. The van der Waals surface area contributed by atoms with Crippen molar-refractivity contribution in [3.05, 3.63) is 108 Å². The third-order valence-electron chi connectivity index (χ3n) is 6.42.